The molecule has 296 valence electrons. The molecule has 1 heterocycles. The van der Waals surface area contributed by atoms with Crippen LogP contribution in [0.2, 0.25) is 0 Å². The van der Waals surface area contributed by atoms with Gasteiger partial charge in [0.05, 0.1) is 6.10 Å². The smallest absolute Gasteiger partial charge is 0.303 e. The molecule has 0 spiro atoms. The zero-order valence-electron chi connectivity index (χ0n) is 33.8. The second-order valence-corrected chi connectivity index (χ2v) is 19.6. The molecule has 6 aliphatic rings. The fourth-order valence-corrected chi connectivity index (χ4v) is 13.1. The molecule has 0 amide bonds. The number of carbonyl (C=O) groups is 5. The Balaban J connectivity index is 1.38. The van der Waals surface area contributed by atoms with Gasteiger partial charge in [-0.15, -0.1) is 0 Å². The van der Waals surface area contributed by atoms with Gasteiger partial charge in [0.2, 0.25) is 0 Å². The highest BCUT2D eigenvalue weighted by Gasteiger charge is 2.65. The molecular weight excluding hydrogens is 676 g/mol. The van der Waals surface area contributed by atoms with Crippen molar-refractivity contribution in [2.45, 2.75) is 170 Å². The van der Waals surface area contributed by atoms with E-state index in [0.717, 1.165) is 57.8 Å². The van der Waals surface area contributed by atoms with Crippen LogP contribution in [0.15, 0.2) is 11.6 Å². The SMILES string of the molecule is CC(=O)OCC1O[C@@H](C[C@@]23CCC4C(=CCC5[C@@]4(C)CCC4C(C)(C)C(=O)CC[C@@]45C)C2CC(C)(C)CC3)[C@@H](OC(C)=O)C(OC(C)=O)[C@H]1OC(C)=O. The van der Waals surface area contributed by atoms with Crippen molar-refractivity contribution in [1.82, 2.24) is 0 Å². The maximum atomic E-state index is 13.2. The third kappa shape index (κ3) is 7.12. The zero-order valence-corrected chi connectivity index (χ0v) is 33.8. The van der Waals surface area contributed by atoms with Crippen molar-refractivity contribution in [3.8, 4) is 0 Å². The normalized spacial score (nSPS) is 42.6. The molecular formula is C43H64O10. The second-order valence-electron chi connectivity index (χ2n) is 19.6. The van der Waals surface area contributed by atoms with E-state index in [1.54, 1.807) is 5.57 Å². The fraction of sp³-hybridized carbons (Fsp3) is 0.837. The van der Waals surface area contributed by atoms with Crippen LogP contribution in [0, 0.1) is 50.7 Å². The van der Waals surface area contributed by atoms with E-state index in [1.807, 2.05) is 0 Å². The number of carbonyl (C=O) groups excluding carboxylic acids is 5. The largest absolute Gasteiger partial charge is 0.463 e. The van der Waals surface area contributed by atoms with Crippen molar-refractivity contribution in [1.29, 1.82) is 0 Å². The fourth-order valence-electron chi connectivity index (χ4n) is 13.1. The third-order valence-electron chi connectivity index (χ3n) is 15.5. The molecule has 0 bridgehead atoms. The molecule has 5 aliphatic carbocycles. The molecule has 6 unspecified atom stereocenters. The summed E-state index contributed by atoms with van der Waals surface area (Å²) < 4.78 is 29.6. The first-order valence-electron chi connectivity index (χ1n) is 20.2. The molecule has 0 aromatic heterocycles. The van der Waals surface area contributed by atoms with E-state index in [9.17, 15) is 24.0 Å². The van der Waals surface area contributed by atoms with E-state index in [0.29, 0.717) is 36.4 Å². The van der Waals surface area contributed by atoms with Gasteiger partial charge >= 0.3 is 23.9 Å². The summed E-state index contributed by atoms with van der Waals surface area (Å²) in [6.07, 6.45) is 8.09. The molecule has 0 N–H and O–H groups in total. The van der Waals surface area contributed by atoms with Gasteiger partial charge in [-0.2, -0.15) is 0 Å². The molecule has 0 aromatic rings. The predicted octanol–water partition coefficient (Wildman–Crippen LogP) is 7.48. The van der Waals surface area contributed by atoms with Crippen molar-refractivity contribution >= 4 is 29.7 Å². The lowest BCUT2D eigenvalue weighted by molar-refractivity contribution is -0.259. The average Bonchev–Trinajstić information content (AvgIpc) is 3.04. The monoisotopic (exact) mass is 740 g/mol. The van der Waals surface area contributed by atoms with E-state index < -0.39 is 54.4 Å². The summed E-state index contributed by atoms with van der Waals surface area (Å²) in [6.45, 7) is 19.1. The zero-order chi connectivity index (χ0) is 38.9. The highest BCUT2D eigenvalue weighted by molar-refractivity contribution is 5.85. The van der Waals surface area contributed by atoms with Crippen molar-refractivity contribution in [3.63, 3.8) is 0 Å². The van der Waals surface area contributed by atoms with Crippen molar-refractivity contribution in [2.75, 3.05) is 6.61 Å². The minimum Gasteiger partial charge on any atom is -0.463 e. The molecule has 0 radical (unpaired) electrons. The van der Waals surface area contributed by atoms with Gasteiger partial charge in [-0.05, 0) is 110 Å². The summed E-state index contributed by atoms with van der Waals surface area (Å²) >= 11 is 0. The molecule has 12 atom stereocenters. The Morgan fingerprint density at radius 3 is 1.94 bits per heavy atom. The number of allylic oxidation sites excluding steroid dienone is 2. The van der Waals surface area contributed by atoms with Crippen LogP contribution in [-0.2, 0) is 47.7 Å². The highest BCUT2D eigenvalue weighted by Crippen LogP contribution is 2.72. The molecule has 10 nitrogen and oxygen atoms in total. The van der Waals surface area contributed by atoms with Gasteiger partial charge in [0, 0.05) is 39.5 Å². The van der Waals surface area contributed by atoms with Crippen LogP contribution in [0.5, 0.6) is 0 Å². The Bertz CT molecular complexity index is 1530. The van der Waals surface area contributed by atoms with Crippen LogP contribution in [0.3, 0.4) is 0 Å². The summed E-state index contributed by atoms with van der Waals surface area (Å²) in [5.41, 5.74) is 1.48. The number of fused-ring (bicyclic) bond motifs is 7. The molecule has 1 aliphatic heterocycles. The topological polar surface area (TPSA) is 132 Å². The molecule has 4 saturated carbocycles. The molecule has 0 aromatic carbocycles. The molecule has 5 fully saturated rings. The molecule has 1 saturated heterocycles. The van der Waals surface area contributed by atoms with E-state index in [4.69, 9.17) is 23.7 Å². The van der Waals surface area contributed by atoms with Crippen LogP contribution in [0.25, 0.3) is 0 Å². The quantitative estimate of drug-likeness (QED) is 0.147. The summed E-state index contributed by atoms with van der Waals surface area (Å²) in [5, 5.41) is 0. The lowest BCUT2D eigenvalue weighted by Crippen LogP contribution is -2.64. The van der Waals surface area contributed by atoms with Crippen LogP contribution < -0.4 is 0 Å². The van der Waals surface area contributed by atoms with E-state index in [2.05, 4.69) is 47.6 Å². The first-order valence-corrected chi connectivity index (χ1v) is 20.2. The maximum absolute atomic E-state index is 13.2. The number of hydrogen-bond acceptors (Lipinski definition) is 10. The maximum Gasteiger partial charge on any atom is 0.303 e. The number of Topliss-reactive ketones (excluding diaryl/α,β-unsaturated/α-hetero) is 1. The second kappa shape index (κ2) is 14.1. The predicted molar refractivity (Wildman–Crippen MR) is 196 cm³/mol. The summed E-state index contributed by atoms with van der Waals surface area (Å²) in [7, 11) is 0. The third-order valence-corrected chi connectivity index (χ3v) is 15.5. The van der Waals surface area contributed by atoms with Crippen LogP contribution >= 0.6 is 0 Å². The summed E-state index contributed by atoms with van der Waals surface area (Å²) in [6, 6.07) is 0. The van der Waals surface area contributed by atoms with Gasteiger partial charge in [0.1, 0.15) is 18.5 Å². The first-order chi connectivity index (χ1) is 24.6. The average molecular weight is 741 g/mol. The lowest BCUT2D eigenvalue weighted by Gasteiger charge is -2.67. The molecule has 10 heteroatoms. The van der Waals surface area contributed by atoms with E-state index in [1.165, 1.54) is 27.7 Å². The van der Waals surface area contributed by atoms with Gasteiger partial charge in [-0.25, -0.2) is 0 Å². The highest BCUT2D eigenvalue weighted by atomic mass is 16.7. The summed E-state index contributed by atoms with van der Waals surface area (Å²) in [4.78, 5) is 62.8. The van der Waals surface area contributed by atoms with Gasteiger partial charge in [0.15, 0.2) is 18.3 Å². The van der Waals surface area contributed by atoms with Crippen molar-refractivity contribution < 1.29 is 47.7 Å². The Morgan fingerprint density at radius 2 is 1.32 bits per heavy atom. The van der Waals surface area contributed by atoms with Gasteiger partial charge in [-0.3, -0.25) is 24.0 Å². The van der Waals surface area contributed by atoms with E-state index >= 15 is 0 Å². The Kier molecular flexibility index (Phi) is 10.6. The van der Waals surface area contributed by atoms with Gasteiger partial charge < -0.3 is 23.7 Å². The number of ketones is 1. The number of rotatable bonds is 7. The Morgan fingerprint density at radius 1 is 0.698 bits per heavy atom. The van der Waals surface area contributed by atoms with Crippen LogP contribution in [0.4, 0.5) is 0 Å². The Hall–Kier alpha value is -2.75. The molecule has 53 heavy (non-hydrogen) atoms. The number of hydrogen-bond donors (Lipinski definition) is 0. The van der Waals surface area contributed by atoms with Crippen LogP contribution in [0.1, 0.15) is 140 Å². The van der Waals surface area contributed by atoms with E-state index in [-0.39, 0.29) is 39.6 Å². The van der Waals surface area contributed by atoms with Gasteiger partial charge in [0.25, 0.3) is 0 Å². The first kappa shape index (κ1) is 39.9. The van der Waals surface area contributed by atoms with Crippen molar-refractivity contribution in [3.05, 3.63) is 11.6 Å². The van der Waals surface area contributed by atoms with Crippen LogP contribution in [-0.4, -0.2) is 66.8 Å². The lowest BCUT2D eigenvalue weighted by atomic mass is 9.37. The number of ether oxygens (including phenoxy) is 5. The summed E-state index contributed by atoms with van der Waals surface area (Å²) in [5.74, 6) is -0.271. The minimum absolute atomic E-state index is 0.112. The molecule has 6 rings (SSSR count). The standard InChI is InChI=1S/C43H64O10/c1-24(44)49-23-32-37(51-26(3)46)38(52-27(4)47)36(50-25(2)45)31(53-32)22-43-18-13-29-28(30(43)21-39(5,6)19-20-43)11-12-34-41(29,9)16-14-33-40(7,8)35(48)15-17-42(33,34)10/h11,29-34,36-38H,12-23H2,1-10H3/t29?,30?,31-,32?,33?,34?,36+,37-,38?,41-,42-,43-/m0/s1. The van der Waals surface area contributed by atoms with Gasteiger partial charge in [-0.1, -0.05) is 53.2 Å². The van der Waals surface area contributed by atoms with Crippen molar-refractivity contribution in [2.24, 2.45) is 50.7 Å². The minimum atomic E-state index is -1.15. The Labute approximate surface area is 316 Å². The number of esters is 4.